The van der Waals surface area contributed by atoms with Crippen molar-refractivity contribution in [3.05, 3.63) is 17.7 Å². The summed E-state index contributed by atoms with van der Waals surface area (Å²) in [5, 5.41) is 0. The van der Waals surface area contributed by atoms with Crippen LogP contribution >= 0.6 is 0 Å². The maximum absolute atomic E-state index is 12.5. The largest absolute Gasteiger partial charge is 0.494 e. The molecule has 160 valence electrons. The molecule has 4 rings (SSSR count). The second kappa shape index (κ2) is 9.07. The first kappa shape index (κ1) is 21.3. The summed E-state index contributed by atoms with van der Waals surface area (Å²) in [4.78, 5) is 26.2. The number of Topliss-reactive ketones (excluding diaryl/α,β-unsaturated/α-hetero) is 1. The number of benzene rings is 1. The number of rotatable bonds is 8. The van der Waals surface area contributed by atoms with E-state index >= 15 is 0 Å². The Bertz CT molecular complexity index is 779. The van der Waals surface area contributed by atoms with Crippen molar-refractivity contribution in [3.63, 3.8) is 0 Å². The minimum Gasteiger partial charge on any atom is -0.494 e. The van der Waals surface area contributed by atoms with Crippen molar-refractivity contribution in [2.75, 3.05) is 26.3 Å². The van der Waals surface area contributed by atoms with E-state index in [1.165, 1.54) is 6.42 Å². The van der Waals surface area contributed by atoms with E-state index in [4.69, 9.17) is 9.47 Å². The molecule has 2 saturated carbocycles. The van der Waals surface area contributed by atoms with Crippen molar-refractivity contribution in [2.45, 2.75) is 45.4 Å². The lowest BCUT2D eigenvalue weighted by Crippen LogP contribution is -2.39. The zero-order valence-electron chi connectivity index (χ0n) is 18.6. The Hall–Kier alpha value is -1.91. The maximum atomic E-state index is 12.5. The van der Waals surface area contributed by atoms with Gasteiger partial charge in [-0.3, -0.25) is 4.79 Å². The third kappa shape index (κ3) is 4.87. The lowest BCUT2D eigenvalue weighted by molar-refractivity contribution is 0.0886. The maximum Gasteiger partial charge on any atom is 0.409 e. The van der Waals surface area contributed by atoms with E-state index in [1.54, 1.807) is 0 Å². The number of piperidine rings is 1. The molecule has 1 amide bonds. The lowest BCUT2D eigenvalue weighted by Gasteiger charge is -2.31. The Balaban J connectivity index is 1.20. The molecule has 1 aliphatic heterocycles. The summed E-state index contributed by atoms with van der Waals surface area (Å²) in [6, 6.07) is 4.05. The molecule has 30 heavy (non-hydrogen) atoms. The van der Waals surface area contributed by atoms with Crippen LogP contribution in [0.5, 0.6) is 5.75 Å². The fourth-order valence-electron chi connectivity index (χ4n) is 5.18. The van der Waals surface area contributed by atoms with E-state index in [0.717, 1.165) is 91.8 Å². The molecule has 1 saturated heterocycles. The van der Waals surface area contributed by atoms with Gasteiger partial charge in [-0.05, 0) is 75.3 Å². The lowest BCUT2D eigenvalue weighted by atomic mass is 9.78. The van der Waals surface area contributed by atoms with Crippen molar-refractivity contribution >= 4 is 38.5 Å². The molecule has 7 heteroatoms. The molecule has 3 fully saturated rings. The Morgan fingerprint density at radius 2 is 1.77 bits per heavy atom. The molecule has 0 spiro atoms. The van der Waals surface area contributed by atoms with Crippen molar-refractivity contribution < 1.29 is 19.1 Å². The number of amides is 1. The molecule has 0 radical (unpaired) electrons. The SMILES string of the molecule is Bc1cc(OCC[C@@H]2C[C@@H]2C2CCN(C(=O)OCC)CC2)cc(B)c1C(=O)C1CC1. The number of ketones is 1. The van der Waals surface area contributed by atoms with Crippen LogP contribution < -0.4 is 15.7 Å². The highest BCUT2D eigenvalue weighted by Gasteiger charge is 2.43. The van der Waals surface area contributed by atoms with Crippen LogP contribution in [-0.2, 0) is 4.74 Å². The quantitative estimate of drug-likeness (QED) is 0.477. The summed E-state index contributed by atoms with van der Waals surface area (Å²) < 4.78 is 11.2. The second-order valence-electron chi connectivity index (χ2n) is 9.39. The van der Waals surface area contributed by atoms with E-state index in [1.807, 2.05) is 39.6 Å². The van der Waals surface area contributed by atoms with Gasteiger partial charge >= 0.3 is 6.09 Å². The summed E-state index contributed by atoms with van der Waals surface area (Å²) in [6.45, 7) is 4.69. The molecule has 5 nitrogen and oxygen atoms in total. The van der Waals surface area contributed by atoms with Crippen LogP contribution in [0.4, 0.5) is 4.79 Å². The number of likely N-dealkylation sites (tertiary alicyclic amines) is 1. The van der Waals surface area contributed by atoms with Gasteiger partial charge < -0.3 is 14.4 Å². The summed E-state index contributed by atoms with van der Waals surface area (Å²) in [7, 11) is 4.05. The van der Waals surface area contributed by atoms with E-state index in [0.29, 0.717) is 12.4 Å². The average Bonchev–Trinajstić information content (AvgIpc) is 3.62. The van der Waals surface area contributed by atoms with Crippen LogP contribution in [0, 0.1) is 23.7 Å². The first-order valence-electron chi connectivity index (χ1n) is 11.7. The van der Waals surface area contributed by atoms with Gasteiger partial charge in [0.15, 0.2) is 5.78 Å². The molecule has 1 aromatic carbocycles. The van der Waals surface area contributed by atoms with E-state index < -0.39 is 0 Å². The van der Waals surface area contributed by atoms with Crippen LogP contribution in [0.3, 0.4) is 0 Å². The third-order valence-corrected chi connectivity index (χ3v) is 7.11. The average molecular weight is 409 g/mol. The molecular weight excluding hydrogens is 376 g/mol. The minimum atomic E-state index is -0.160. The highest BCUT2D eigenvalue weighted by atomic mass is 16.6. The zero-order valence-corrected chi connectivity index (χ0v) is 18.6. The summed E-state index contributed by atoms with van der Waals surface area (Å²) in [5.41, 5.74) is 2.99. The van der Waals surface area contributed by atoms with Gasteiger partial charge in [-0.2, -0.15) is 0 Å². The van der Waals surface area contributed by atoms with E-state index in [2.05, 4.69) is 0 Å². The molecule has 0 bridgehead atoms. The first-order chi connectivity index (χ1) is 14.5. The second-order valence-corrected chi connectivity index (χ2v) is 9.39. The Labute approximate surface area is 181 Å². The molecule has 2 aliphatic carbocycles. The van der Waals surface area contributed by atoms with Gasteiger partial charge in [0.2, 0.25) is 0 Å². The number of nitrogens with zero attached hydrogens (tertiary/aromatic N) is 1. The van der Waals surface area contributed by atoms with Gasteiger partial charge in [0.25, 0.3) is 0 Å². The highest BCUT2D eigenvalue weighted by molar-refractivity contribution is 6.44. The summed E-state index contributed by atoms with van der Waals surface area (Å²) >= 11 is 0. The predicted molar refractivity (Wildman–Crippen MR) is 123 cm³/mol. The monoisotopic (exact) mass is 409 g/mol. The normalized spacial score (nSPS) is 23.8. The van der Waals surface area contributed by atoms with Gasteiger partial charge in [0, 0.05) is 24.6 Å². The van der Waals surface area contributed by atoms with E-state index in [9.17, 15) is 9.59 Å². The van der Waals surface area contributed by atoms with Gasteiger partial charge in [-0.15, -0.1) is 0 Å². The molecule has 3 aliphatic rings. The minimum absolute atomic E-state index is 0.160. The standard InChI is InChI=1S/C23H33B2NO4/c1-2-29-23(28)26-8-5-14(6-9-26)18-11-16(18)7-10-30-17-12-19(24)21(20(25)13-17)22(27)15-3-4-15/h12-16,18H,2-11,24-25H2,1H3/t16-,18-/m1/s1. The molecule has 1 heterocycles. The first-order valence-corrected chi connectivity index (χ1v) is 11.7. The number of carbonyl (C=O) groups excluding carboxylic acids is 2. The predicted octanol–water partition coefficient (Wildman–Crippen LogP) is 1.07. The van der Waals surface area contributed by atoms with Gasteiger partial charge in [-0.1, -0.05) is 10.9 Å². The molecule has 0 unspecified atom stereocenters. The molecular formula is C23H33B2NO4. The number of carbonyl (C=O) groups is 2. The Morgan fingerprint density at radius 1 is 1.10 bits per heavy atom. The highest BCUT2D eigenvalue weighted by Crippen LogP contribution is 2.49. The Kier molecular flexibility index (Phi) is 6.45. The third-order valence-electron chi connectivity index (χ3n) is 7.11. The van der Waals surface area contributed by atoms with Gasteiger partial charge in [-0.25, -0.2) is 4.79 Å². The van der Waals surface area contributed by atoms with E-state index in [-0.39, 0.29) is 12.0 Å². The zero-order chi connectivity index (χ0) is 21.3. The number of ether oxygens (including phenoxy) is 2. The fraction of sp³-hybridized carbons (Fsp3) is 0.652. The van der Waals surface area contributed by atoms with Gasteiger partial charge in [0.1, 0.15) is 21.4 Å². The molecule has 1 aromatic rings. The van der Waals surface area contributed by atoms with Crippen LogP contribution in [0.2, 0.25) is 0 Å². The Morgan fingerprint density at radius 3 is 2.37 bits per heavy atom. The summed E-state index contributed by atoms with van der Waals surface area (Å²) in [5.74, 6) is 3.73. The van der Waals surface area contributed by atoms with Crippen molar-refractivity contribution in [1.82, 2.24) is 4.90 Å². The molecule has 2 atom stereocenters. The number of hydrogen-bond donors (Lipinski definition) is 0. The van der Waals surface area contributed by atoms with Crippen LogP contribution in [0.15, 0.2) is 12.1 Å². The smallest absolute Gasteiger partial charge is 0.409 e. The van der Waals surface area contributed by atoms with Crippen molar-refractivity contribution in [3.8, 4) is 5.75 Å². The fourth-order valence-corrected chi connectivity index (χ4v) is 5.18. The van der Waals surface area contributed by atoms with Crippen LogP contribution in [0.25, 0.3) is 0 Å². The topological polar surface area (TPSA) is 55.8 Å². The van der Waals surface area contributed by atoms with Crippen molar-refractivity contribution in [1.29, 1.82) is 0 Å². The van der Waals surface area contributed by atoms with Gasteiger partial charge in [0.05, 0.1) is 13.2 Å². The van der Waals surface area contributed by atoms with Crippen molar-refractivity contribution in [2.24, 2.45) is 23.7 Å². The molecule has 0 aromatic heterocycles. The number of hydrogen-bond acceptors (Lipinski definition) is 4. The van der Waals surface area contributed by atoms with Crippen LogP contribution in [0.1, 0.15) is 55.8 Å². The molecule has 0 N–H and O–H groups in total. The van der Waals surface area contributed by atoms with Crippen LogP contribution in [-0.4, -0.2) is 58.8 Å². The summed E-state index contributed by atoms with van der Waals surface area (Å²) in [6.07, 6.45) is 6.49.